The van der Waals surface area contributed by atoms with Crippen LogP contribution < -0.4 is 10.6 Å². The number of benzene rings is 1. The highest BCUT2D eigenvalue weighted by atomic mass is 32.2. The van der Waals surface area contributed by atoms with Crippen LogP contribution >= 0.6 is 23.1 Å². The number of morpholine rings is 1. The van der Waals surface area contributed by atoms with Gasteiger partial charge in [0, 0.05) is 30.2 Å². The van der Waals surface area contributed by atoms with Gasteiger partial charge < -0.3 is 15.4 Å². The van der Waals surface area contributed by atoms with Gasteiger partial charge in [-0.2, -0.15) is 0 Å². The normalized spacial score (nSPS) is 15.6. The molecule has 0 radical (unpaired) electrons. The number of thioether (sulfide) groups is 1. The van der Waals surface area contributed by atoms with Crippen molar-refractivity contribution in [1.29, 1.82) is 0 Å². The zero-order valence-electron chi connectivity index (χ0n) is 16.6. The van der Waals surface area contributed by atoms with Crippen molar-refractivity contribution >= 4 is 40.6 Å². The number of rotatable bonds is 9. The molecule has 1 aliphatic rings. The largest absolute Gasteiger partial charge is 0.379 e. The minimum atomic E-state index is -0.0989. The highest BCUT2D eigenvalue weighted by Gasteiger charge is 2.23. The van der Waals surface area contributed by atoms with Gasteiger partial charge in [-0.25, -0.2) is 0 Å². The minimum Gasteiger partial charge on any atom is -0.379 e. The first-order valence-corrected chi connectivity index (χ1v) is 11.7. The number of amides is 2. The first-order valence-electron chi connectivity index (χ1n) is 9.68. The fourth-order valence-electron chi connectivity index (χ4n) is 3.20. The molecule has 156 valence electrons. The molecule has 1 atom stereocenters. The van der Waals surface area contributed by atoms with E-state index in [1.54, 1.807) is 11.3 Å². The lowest BCUT2D eigenvalue weighted by Crippen LogP contribution is -2.43. The van der Waals surface area contributed by atoms with Gasteiger partial charge in [-0.3, -0.25) is 14.5 Å². The molecule has 3 rings (SSSR count). The van der Waals surface area contributed by atoms with Crippen molar-refractivity contribution in [2.24, 2.45) is 0 Å². The molecular formula is C21H27N3O3S2. The molecule has 8 heteroatoms. The van der Waals surface area contributed by atoms with Crippen molar-refractivity contribution in [3.63, 3.8) is 0 Å². The minimum absolute atomic E-state index is 0.0480. The van der Waals surface area contributed by atoms with Crippen LogP contribution in [0.5, 0.6) is 0 Å². The predicted octanol–water partition coefficient (Wildman–Crippen LogP) is 2.92. The van der Waals surface area contributed by atoms with Crippen LogP contribution in [0.3, 0.4) is 0 Å². The smallest absolute Gasteiger partial charge is 0.234 e. The van der Waals surface area contributed by atoms with Gasteiger partial charge in [0.25, 0.3) is 0 Å². The van der Waals surface area contributed by atoms with E-state index in [1.807, 2.05) is 37.3 Å². The second-order valence-corrected chi connectivity index (χ2v) is 8.86. The Kier molecular flexibility index (Phi) is 8.54. The van der Waals surface area contributed by atoms with Crippen LogP contribution in [0.1, 0.15) is 16.5 Å². The number of hydrogen-bond donors (Lipinski definition) is 2. The third-order valence-electron chi connectivity index (χ3n) is 4.62. The van der Waals surface area contributed by atoms with E-state index in [-0.39, 0.29) is 29.4 Å². The SMILES string of the molecule is Cc1cccc(NC(=O)CSCC(=O)NC[C@H](c2cccs2)N2CCOCC2)c1. The van der Waals surface area contributed by atoms with Gasteiger partial charge in [-0.1, -0.05) is 18.2 Å². The van der Waals surface area contributed by atoms with Gasteiger partial charge in [0.15, 0.2) is 0 Å². The zero-order chi connectivity index (χ0) is 20.5. The Bertz CT molecular complexity index is 792. The maximum atomic E-state index is 12.3. The molecule has 2 N–H and O–H groups in total. The first kappa shape index (κ1) is 21.8. The number of carbonyl (C=O) groups is 2. The summed E-state index contributed by atoms with van der Waals surface area (Å²) >= 11 is 3.03. The van der Waals surface area contributed by atoms with E-state index in [4.69, 9.17) is 4.74 Å². The van der Waals surface area contributed by atoms with Gasteiger partial charge in [0.2, 0.25) is 11.8 Å². The lowest BCUT2D eigenvalue weighted by atomic mass is 10.2. The summed E-state index contributed by atoms with van der Waals surface area (Å²) in [6, 6.07) is 12.0. The van der Waals surface area contributed by atoms with E-state index in [2.05, 4.69) is 27.0 Å². The molecule has 2 heterocycles. The lowest BCUT2D eigenvalue weighted by molar-refractivity contribution is -0.118. The van der Waals surface area contributed by atoms with Crippen molar-refractivity contribution in [3.8, 4) is 0 Å². The van der Waals surface area contributed by atoms with E-state index in [0.29, 0.717) is 6.54 Å². The van der Waals surface area contributed by atoms with Crippen LogP contribution in [0.4, 0.5) is 5.69 Å². The van der Waals surface area contributed by atoms with Crippen molar-refractivity contribution < 1.29 is 14.3 Å². The Hall–Kier alpha value is -1.87. The summed E-state index contributed by atoms with van der Waals surface area (Å²) in [7, 11) is 0. The Labute approximate surface area is 180 Å². The molecule has 1 saturated heterocycles. The van der Waals surface area contributed by atoms with E-state index < -0.39 is 0 Å². The molecule has 2 aromatic rings. The van der Waals surface area contributed by atoms with Gasteiger partial charge in [0.1, 0.15) is 0 Å². The Morgan fingerprint density at radius 2 is 1.97 bits per heavy atom. The summed E-state index contributed by atoms with van der Waals surface area (Å²) < 4.78 is 5.45. The maximum Gasteiger partial charge on any atom is 0.234 e. The van der Waals surface area contributed by atoms with Crippen LogP contribution in [-0.2, 0) is 14.3 Å². The average molecular weight is 434 g/mol. The van der Waals surface area contributed by atoms with Crippen LogP contribution in [0.15, 0.2) is 41.8 Å². The third kappa shape index (κ3) is 7.15. The summed E-state index contributed by atoms with van der Waals surface area (Å²) in [5.41, 5.74) is 1.87. The molecule has 0 aliphatic carbocycles. The first-order chi connectivity index (χ1) is 14.1. The Balaban J connectivity index is 1.40. The number of hydrogen-bond acceptors (Lipinski definition) is 6. The molecule has 0 spiro atoms. The summed E-state index contributed by atoms with van der Waals surface area (Å²) in [4.78, 5) is 27.9. The third-order valence-corrected chi connectivity index (χ3v) is 6.52. The monoisotopic (exact) mass is 433 g/mol. The quantitative estimate of drug-likeness (QED) is 0.636. The van der Waals surface area contributed by atoms with Gasteiger partial charge in [-0.05, 0) is 36.1 Å². The molecule has 29 heavy (non-hydrogen) atoms. The van der Waals surface area contributed by atoms with E-state index in [1.165, 1.54) is 16.6 Å². The van der Waals surface area contributed by atoms with Gasteiger partial charge in [0.05, 0.1) is 30.8 Å². The lowest BCUT2D eigenvalue weighted by Gasteiger charge is -2.34. The topological polar surface area (TPSA) is 70.7 Å². The van der Waals surface area contributed by atoms with Gasteiger partial charge >= 0.3 is 0 Å². The molecule has 0 bridgehead atoms. The number of carbonyl (C=O) groups excluding carboxylic acids is 2. The van der Waals surface area contributed by atoms with E-state index in [0.717, 1.165) is 37.6 Å². The number of nitrogens with zero attached hydrogens (tertiary/aromatic N) is 1. The van der Waals surface area contributed by atoms with Crippen LogP contribution in [0.25, 0.3) is 0 Å². The van der Waals surface area contributed by atoms with Crippen molar-refractivity contribution in [2.45, 2.75) is 13.0 Å². The molecule has 2 amide bonds. The van der Waals surface area contributed by atoms with Crippen LogP contribution in [0, 0.1) is 6.92 Å². The Morgan fingerprint density at radius 1 is 1.17 bits per heavy atom. The van der Waals surface area contributed by atoms with Gasteiger partial charge in [-0.15, -0.1) is 23.1 Å². The molecule has 1 fully saturated rings. The van der Waals surface area contributed by atoms with E-state index >= 15 is 0 Å². The number of nitrogens with one attached hydrogen (secondary N) is 2. The summed E-state index contributed by atoms with van der Waals surface area (Å²) in [6.45, 7) is 5.73. The van der Waals surface area contributed by atoms with Crippen molar-refractivity contribution in [3.05, 3.63) is 52.2 Å². The molecule has 6 nitrogen and oxygen atoms in total. The van der Waals surface area contributed by atoms with Crippen molar-refractivity contribution in [2.75, 3.05) is 49.7 Å². The number of thiophene rings is 1. The standard InChI is InChI=1S/C21H27N3O3S2/c1-16-4-2-5-17(12-16)23-21(26)15-28-14-20(25)22-13-18(19-6-3-11-29-19)24-7-9-27-10-8-24/h2-6,11-12,18H,7-10,13-15H2,1H3,(H,22,25)(H,23,26)/t18-/m1/s1. The average Bonchev–Trinajstić information content (AvgIpc) is 3.23. The summed E-state index contributed by atoms with van der Waals surface area (Å²) in [6.07, 6.45) is 0. The fraction of sp³-hybridized carbons (Fsp3) is 0.429. The molecular weight excluding hydrogens is 406 g/mol. The molecule has 1 aromatic heterocycles. The molecule has 0 saturated carbocycles. The highest BCUT2D eigenvalue weighted by molar-refractivity contribution is 8.00. The second kappa shape index (κ2) is 11.3. The molecule has 1 aliphatic heterocycles. The van der Waals surface area contributed by atoms with Crippen molar-refractivity contribution in [1.82, 2.24) is 10.2 Å². The second-order valence-electron chi connectivity index (χ2n) is 6.89. The molecule has 1 aromatic carbocycles. The highest BCUT2D eigenvalue weighted by Crippen LogP contribution is 2.25. The summed E-state index contributed by atoms with van der Waals surface area (Å²) in [5.74, 6) is 0.368. The fourth-order valence-corrected chi connectivity index (χ4v) is 4.71. The van der Waals surface area contributed by atoms with Crippen LogP contribution in [-0.4, -0.2) is 61.1 Å². The maximum absolute atomic E-state index is 12.3. The number of anilines is 1. The number of aryl methyl sites for hydroxylation is 1. The predicted molar refractivity (Wildman–Crippen MR) is 120 cm³/mol. The summed E-state index contributed by atoms with van der Waals surface area (Å²) in [5, 5.41) is 7.95. The number of ether oxygens (including phenoxy) is 1. The Morgan fingerprint density at radius 3 is 2.69 bits per heavy atom. The van der Waals surface area contributed by atoms with E-state index in [9.17, 15) is 9.59 Å². The zero-order valence-corrected chi connectivity index (χ0v) is 18.2. The molecule has 0 unspecified atom stereocenters. The van der Waals surface area contributed by atoms with Crippen LogP contribution in [0.2, 0.25) is 0 Å².